The number of nitrogens with one attached hydrogen (secondary N) is 1. The number of aromatic amines is 1. The van der Waals surface area contributed by atoms with E-state index in [1.165, 1.54) is 0 Å². The monoisotopic (exact) mass is 291 g/mol. The van der Waals surface area contributed by atoms with Gasteiger partial charge in [0, 0.05) is 6.07 Å². The minimum Gasteiger partial charge on any atom is -0.258 e. The van der Waals surface area contributed by atoms with Crippen LogP contribution in [-0.2, 0) is 6.18 Å². The van der Waals surface area contributed by atoms with Gasteiger partial charge in [-0.1, -0.05) is 11.3 Å². The lowest BCUT2D eigenvalue weighted by molar-refractivity contribution is -0.384. The fourth-order valence-corrected chi connectivity index (χ4v) is 2.03. The van der Waals surface area contributed by atoms with Crippen LogP contribution in [0, 0.1) is 10.1 Å². The topological polar surface area (TPSA) is 88.9 Å². The average Bonchev–Trinajstić information content (AvgIpc) is 2.73. The van der Waals surface area contributed by atoms with Crippen LogP contribution in [0.15, 0.2) is 23.0 Å². The van der Waals surface area contributed by atoms with Crippen molar-refractivity contribution >= 4 is 17.0 Å². The molecular weight excluding hydrogens is 287 g/mol. The van der Waals surface area contributed by atoms with E-state index in [2.05, 4.69) is 5.10 Å². The summed E-state index contributed by atoms with van der Waals surface area (Å²) in [6.45, 7) is 0. The Hall–Kier alpha value is -2.23. The SMILES string of the molecule is O=c1[nH]nc(-c2ccc(C(F)(F)F)cc2[N+](=O)[O-])s1. The molecule has 0 unspecified atom stereocenters. The third-order valence-corrected chi connectivity index (χ3v) is 2.97. The molecule has 19 heavy (non-hydrogen) atoms. The number of alkyl halides is 3. The second-order valence-corrected chi connectivity index (χ2v) is 4.37. The Morgan fingerprint density at radius 3 is 2.53 bits per heavy atom. The normalized spacial score (nSPS) is 11.5. The molecule has 0 atom stereocenters. The highest BCUT2D eigenvalue weighted by Crippen LogP contribution is 2.36. The van der Waals surface area contributed by atoms with Gasteiger partial charge in [-0.15, -0.1) is 0 Å². The Kier molecular flexibility index (Phi) is 3.10. The maximum atomic E-state index is 12.5. The first-order chi connectivity index (χ1) is 8.79. The molecule has 2 rings (SSSR count). The Morgan fingerprint density at radius 1 is 1.37 bits per heavy atom. The highest BCUT2D eigenvalue weighted by atomic mass is 32.1. The van der Waals surface area contributed by atoms with Gasteiger partial charge in [0.1, 0.15) is 0 Å². The molecule has 0 aliphatic carbocycles. The van der Waals surface area contributed by atoms with Gasteiger partial charge >= 0.3 is 11.0 Å². The van der Waals surface area contributed by atoms with Crippen molar-refractivity contribution in [3.8, 4) is 10.6 Å². The Balaban J connectivity index is 2.63. The smallest absolute Gasteiger partial charge is 0.258 e. The minimum atomic E-state index is -4.68. The zero-order valence-electron chi connectivity index (χ0n) is 8.89. The summed E-state index contributed by atoms with van der Waals surface area (Å²) in [5.74, 6) is 0. The predicted molar refractivity (Wildman–Crippen MR) is 59.8 cm³/mol. The third-order valence-electron chi connectivity index (χ3n) is 2.19. The molecule has 0 spiro atoms. The van der Waals surface area contributed by atoms with Crippen LogP contribution in [0.4, 0.5) is 18.9 Å². The van der Waals surface area contributed by atoms with Gasteiger partial charge in [0.15, 0.2) is 5.01 Å². The van der Waals surface area contributed by atoms with Crippen LogP contribution in [0.5, 0.6) is 0 Å². The number of halogens is 3. The van der Waals surface area contributed by atoms with E-state index in [-0.39, 0.29) is 10.6 Å². The van der Waals surface area contributed by atoms with Crippen LogP contribution >= 0.6 is 11.3 Å². The van der Waals surface area contributed by atoms with E-state index in [9.17, 15) is 28.1 Å². The van der Waals surface area contributed by atoms with E-state index in [1.54, 1.807) is 0 Å². The van der Waals surface area contributed by atoms with Gasteiger partial charge in [0.25, 0.3) is 5.69 Å². The molecule has 0 bridgehead atoms. The zero-order valence-corrected chi connectivity index (χ0v) is 9.71. The van der Waals surface area contributed by atoms with Crippen LogP contribution in [0.25, 0.3) is 10.6 Å². The molecule has 0 saturated carbocycles. The van der Waals surface area contributed by atoms with E-state index < -0.39 is 27.2 Å². The first kappa shape index (κ1) is 13.2. The van der Waals surface area contributed by atoms with Gasteiger partial charge in [0.2, 0.25) is 0 Å². The molecule has 0 amide bonds. The first-order valence-electron chi connectivity index (χ1n) is 4.70. The molecule has 0 fully saturated rings. The van der Waals surface area contributed by atoms with Crippen molar-refractivity contribution in [3.63, 3.8) is 0 Å². The minimum absolute atomic E-state index is 0.0366. The van der Waals surface area contributed by atoms with Crippen LogP contribution in [0.1, 0.15) is 5.56 Å². The number of hydrogen-bond donors (Lipinski definition) is 1. The highest BCUT2D eigenvalue weighted by Gasteiger charge is 2.33. The largest absolute Gasteiger partial charge is 0.416 e. The molecule has 100 valence electrons. The number of H-pyrrole nitrogens is 1. The van der Waals surface area contributed by atoms with E-state index in [1.807, 2.05) is 5.10 Å². The van der Waals surface area contributed by atoms with Gasteiger partial charge in [-0.05, 0) is 12.1 Å². The molecular formula is C9H4F3N3O3S. The summed E-state index contributed by atoms with van der Waals surface area (Å²) in [6, 6.07) is 2.04. The predicted octanol–water partition coefficient (Wildman–Crippen LogP) is 2.43. The number of nitro benzene ring substituents is 1. The van der Waals surface area contributed by atoms with Gasteiger partial charge in [-0.25, -0.2) is 5.10 Å². The van der Waals surface area contributed by atoms with Crippen LogP contribution in [0.2, 0.25) is 0 Å². The third kappa shape index (κ3) is 2.62. The molecule has 1 aromatic heterocycles. The maximum Gasteiger partial charge on any atom is 0.416 e. The maximum absolute atomic E-state index is 12.5. The van der Waals surface area contributed by atoms with Crippen molar-refractivity contribution in [2.75, 3.05) is 0 Å². The number of benzene rings is 1. The zero-order chi connectivity index (χ0) is 14.2. The lowest BCUT2D eigenvalue weighted by Gasteiger charge is -2.07. The standard InChI is InChI=1S/C9H4F3N3O3S/c10-9(11,12)4-1-2-5(6(3-4)15(17)18)7-13-14-8(16)19-7/h1-3H,(H,14,16). The van der Waals surface area contributed by atoms with E-state index in [4.69, 9.17) is 0 Å². The molecule has 1 N–H and O–H groups in total. The number of nitrogens with zero attached hydrogens (tertiary/aromatic N) is 2. The second-order valence-electron chi connectivity index (χ2n) is 3.41. The number of hydrogen-bond acceptors (Lipinski definition) is 5. The molecule has 0 aliphatic rings. The molecule has 6 nitrogen and oxygen atoms in total. The summed E-state index contributed by atoms with van der Waals surface area (Å²) >= 11 is 0.578. The molecule has 1 aromatic carbocycles. The quantitative estimate of drug-likeness (QED) is 0.679. The summed E-state index contributed by atoms with van der Waals surface area (Å²) in [7, 11) is 0. The molecule has 2 aromatic rings. The van der Waals surface area contributed by atoms with Crippen molar-refractivity contribution in [2.24, 2.45) is 0 Å². The van der Waals surface area contributed by atoms with Crippen molar-refractivity contribution in [3.05, 3.63) is 43.5 Å². The molecule has 10 heteroatoms. The van der Waals surface area contributed by atoms with Crippen LogP contribution in [-0.4, -0.2) is 15.1 Å². The fraction of sp³-hybridized carbons (Fsp3) is 0.111. The lowest BCUT2D eigenvalue weighted by Crippen LogP contribution is -2.06. The van der Waals surface area contributed by atoms with Crippen molar-refractivity contribution in [1.82, 2.24) is 10.2 Å². The van der Waals surface area contributed by atoms with Crippen molar-refractivity contribution in [1.29, 1.82) is 0 Å². The van der Waals surface area contributed by atoms with Gasteiger partial charge in [-0.2, -0.15) is 18.3 Å². The number of aromatic nitrogens is 2. The lowest BCUT2D eigenvalue weighted by atomic mass is 10.1. The highest BCUT2D eigenvalue weighted by molar-refractivity contribution is 7.12. The van der Waals surface area contributed by atoms with Crippen molar-refractivity contribution < 1.29 is 18.1 Å². The second kappa shape index (κ2) is 4.46. The summed E-state index contributed by atoms with van der Waals surface area (Å²) in [5.41, 5.74) is -2.02. The summed E-state index contributed by atoms with van der Waals surface area (Å²) in [5, 5.41) is 16.3. The van der Waals surface area contributed by atoms with Gasteiger partial charge in [0.05, 0.1) is 16.1 Å². The van der Waals surface area contributed by atoms with E-state index in [0.29, 0.717) is 23.5 Å². The molecule has 0 radical (unpaired) electrons. The Morgan fingerprint density at radius 2 is 2.05 bits per heavy atom. The summed E-state index contributed by atoms with van der Waals surface area (Å²) < 4.78 is 37.4. The number of nitro groups is 1. The van der Waals surface area contributed by atoms with E-state index in [0.717, 1.165) is 6.07 Å². The Labute approximate surface area is 106 Å². The molecule has 0 saturated heterocycles. The van der Waals surface area contributed by atoms with Crippen LogP contribution < -0.4 is 4.87 Å². The summed E-state index contributed by atoms with van der Waals surface area (Å²) in [6.07, 6.45) is -4.68. The van der Waals surface area contributed by atoms with E-state index >= 15 is 0 Å². The first-order valence-corrected chi connectivity index (χ1v) is 5.52. The van der Waals surface area contributed by atoms with Crippen molar-refractivity contribution in [2.45, 2.75) is 6.18 Å². The average molecular weight is 291 g/mol. The Bertz CT molecular complexity index is 692. The molecule has 1 heterocycles. The number of rotatable bonds is 2. The summed E-state index contributed by atoms with van der Waals surface area (Å²) in [4.78, 5) is 20.2. The van der Waals surface area contributed by atoms with Gasteiger partial charge in [-0.3, -0.25) is 14.9 Å². The van der Waals surface area contributed by atoms with Gasteiger partial charge < -0.3 is 0 Å². The fourth-order valence-electron chi connectivity index (χ4n) is 1.38. The molecule has 0 aliphatic heterocycles. The van der Waals surface area contributed by atoms with Crippen LogP contribution in [0.3, 0.4) is 0 Å².